The zero-order valence-corrected chi connectivity index (χ0v) is 16.4. The maximum absolute atomic E-state index is 12.7. The number of aromatic nitrogens is 1. The van der Waals surface area contributed by atoms with Gasteiger partial charge in [0.15, 0.2) is 0 Å². The van der Waals surface area contributed by atoms with Gasteiger partial charge in [-0.05, 0) is 50.2 Å². The summed E-state index contributed by atoms with van der Waals surface area (Å²) < 4.78 is 43.7. The molecular formula is C20H25F3N2O5. The number of hydrogen-bond donors (Lipinski definition) is 1. The van der Waals surface area contributed by atoms with Crippen LogP contribution in [0, 0.1) is 5.92 Å². The van der Waals surface area contributed by atoms with Gasteiger partial charge in [-0.1, -0.05) is 0 Å². The zero-order chi connectivity index (χ0) is 21.7. The molecule has 30 heavy (non-hydrogen) atoms. The molecule has 1 N–H and O–H groups in total. The summed E-state index contributed by atoms with van der Waals surface area (Å²) >= 11 is 0. The minimum Gasteiger partial charge on any atom is -0.475 e. The summed E-state index contributed by atoms with van der Waals surface area (Å²) in [6, 6.07) is 3.79. The van der Waals surface area contributed by atoms with E-state index in [1.165, 1.54) is 12.8 Å². The minimum atomic E-state index is -5.08. The summed E-state index contributed by atoms with van der Waals surface area (Å²) in [6.07, 6.45) is 4.20. The predicted molar refractivity (Wildman–Crippen MR) is 98.8 cm³/mol. The van der Waals surface area contributed by atoms with E-state index in [-0.39, 0.29) is 24.2 Å². The quantitative estimate of drug-likeness (QED) is 0.773. The summed E-state index contributed by atoms with van der Waals surface area (Å²) in [5.74, 6) is -1.86. The Labute approximate surface area is 172 Å². The Morgan fingerprint density at radius 2 is 1.80 bits per heavy atom. The summed E-state index contributed by atoms with van der Waals surface area (Å²) in [5.41, 5.74) is 0.718. The van der Waals surface area contributed by atoms with E-state index in [0.717, 1.165) is 43.9 Å². The van der Waals surface area contributed by atoms with Crippen LogP contribution in [0.3, 0.4) is 0 Å². The molecule has 7 nitrogen and oxygen atoms in total. The molecule has 1 saturated carbocycles. The SMILES string of the molecule is O=C(O)C(F)(F)F.O=C(c1ccncc1)N1CC[C@@H]2O[C@H](COCC3CC3)CC[C@@H]21. The van der Waals surface area contributed by atoms with Gasteiger partial charge in [-0.2, -0.15) is 13.2 Å². The van der Waals surface area contributed by atoms with Crippen molar-refractivity contribution in [3.8, 4) is 0 Å². The Morgan fingerprint density at radius 3 is 2.40 bits per heavy atom. The summed E-state index contributed by atoms with van der Waals surface area (Å²) in [6.45, 7) is 2.38. The topological polar surface area (TPSA) is 89.0 Å². The Hall–Kier alpha value is -2.20. The van der Waals surface area contributed by atoms with Gasteiger partial charge in [0.1, 0.15) is 0 Å². The predicted octanol–water partition coefficient (Wildman–Crippen LogP) is 2.90. The van der Waals surface area contributed by atoms with Crippen molar-refractivity contribution in [2.75, 3.05) is 19.8 Å². The van der Waals surface area contributed by atoms with E-state index in [4.69, 9.17) is 19.4 Å². The highest BCUT2D eigenvalue weighted by molar-refractivity contribution is 5.94. The van der Waals surface area contributed by atoms with Crippen molar-refractivity contribution in [1.82, 2.24) is 9.88 Å². The fraction of sp³-hybridized carbons (Fsp3) is 0.650. The van der Waals surface area contributed by atoms with Gasteiger partial charge >= 0.3 is 12.1 Å². The highest BCUT2D eigenvalue weighted by Gasteiger charge is 2.42. The van der Waals surface area contributed by atoms with E-state index in [2.05, 4.69) is 4.98 Å². The number of aliphatic carboxylic acids is 1. The van der Waals surface area contributed by atoms with Crippen LogP contribution in [-0.4, -0.2) is 71.1 Å². The molecule has 0 radical (unpaired) electrons. The molecule has 0 bridgehead atoms. The molecule has 0 aromatic carbocycles. The number of pyridine rings is 1. The molecule has 2 saturated heterocycles. The second kappa shape index (κ2) is 9.74. The number of carboxylic acids is 1. The molecular weight excluding hydrogens is 405 g/mol. The second-order valence-corrected chi connectivity index (χ2v) is 7.75. The second-order valence-electron chi connectivity index (χ2n) is 7.75. The fourth-order valence-corrected chi connectivity index (χ4v) is 3.68. The van der Waals surface area contributed by atoms with Gasteiger partial charge in [0.2, 0.25) is 0 Å². The van der Waals surface area contributed by atoms with Gasteiger partial charge < -0.3 is 19.5 Å². The van der Waals surface area contributed by atoms with E-state index in [9.17, 15) is 18.0 Å². The average molecular weight is 430 g/mol. The smallest absolute Gasteiger partial charge is 0.475 e. The van der Waals surface area contributed by atoms with Gasteiger partial charge in [-0.25, -0.2) is 4.79 Å². The van der Waals surface area contributed by atoms with Crippen molar-refractivity contribution in [2.24, 2.45) is 5.92 Å². The molecule has 166 valence electrons. The first-order valence-electron chi connectivity index (χ1n) is 10.00. The van der Waals surface area contributed by atoms with E-state index in [1.54, 1.807) is 24.5 Å². The summed E-state index contributed by atoms with van der Waals surface area (Å²) in [7, 11) is 0. The van der Waals surface area contributed by atoms with Crippen molar-refractivity contribution in [1.29, 1.82) is 0 Å². The van der Waals surface area contributed by atoms with E-state index in [0.29, 0.717) is 6.61 Å². The first kappa shape index (κ1) is 22.5. The van der Waals surface area contributed by atoms with Crippen molar-refractivity contribution in [3.63, 3.8) is 0 Å². The number of nitrogens with zero attached hydrogens (tertiary/aromatic N) is 2. The van der Waals surface area contributed by atoms with Gasteiger partial charge in [0.25, 0.3) is 5.91 Å². The fourth-order valence-electron chi connectivity index (χ4n) is 3.68. The van der Waals surface area contributed by atoms with Crippen LogP contribution in [0.4, 0.5) is 13.2 Å². The van der Waals surface area contributed by atoms with Gasteiger partial charge in [0, 0.05) is 31.1 Å². The van der Waals surface area contributed by atoms with Crippen molar-refractivity contribution in [3.05, 3.63) is 30.1 Å². The van der Waals surface area contributed by atoms with Crippen LogP contribution >= 0.6 is 0 Å². The number of carbonyl (C=O) groups is 2. The number of halogens is 3. The lowest BCUT2D eigenvalue weighted by atomic mass is 9.99. The molecule has 2 aliphatic heterocycles. The molecule has 0 unspecified atom stereocenters. The lowest BCUT2D eigenvalue weighted by Gasteiger charge is -2.36. The summed E-state index contributed by atoms with van der Waals surface area (Å²) in [4.78, 5) is 27.5. The maximum atomic E-state index is 12.7. The third-order valence-corrected chi connectivity index (χ3v) is 5.42. The molecule has 0 spiro atoms. The number of carbonyl (C=O) groups excluding carboxylic acids is 1. The average Bonchev–Trinajstić information content (AvgIpc) is 3.45. The number of amides is 1. The molecule has 4 rings (SSSR count). The number of likely N-dealkylation sites (tertiary alicyclic amines) is 1. The first-order chi connectivity index (χ1) is 14.3. The van der Waals surface area contributed by atoms with E-state index in [1.807, 2.05) is 4.90 Å². The number of ether oxygens (including phenoxy) is 2. The normalized spacial score (nSPS) is 25.8. The Balaban J connectivity index is 0.000000318. The summed E-state index contributed by atoms with van der Waals surface area (Å²) in [5, 5.41) is 7.12. The third kappa shape index (κ3) is 6.15. The molecule has 1 aliphatic carbocycles. The number of alkyl halides is 3. The van der Waals surface area contributed by atoms with Gasteiger partial charge in [-0.3, -0.25) is 9.78 Å². The minimum absolute atomic E-state index is 0.104. The molecule has 3 heterocycles. The molecule has 1 aromatic rings. The number of rotatable bonds is 5. The first-order valence-corrected chi connectivity index (χ1v) is 10.00. The largest absolute Gasteiger partial charge is 0.490 e. The van der Waals surface area contributed by atoms with Gasteiger partial charge in [0.05, 0.1) is 24.9 Å². The molecule has 1 amide bonds. The van der Waals surface area contributed by atoms with E-state index >= 15 is 0 Å². The van der Waals surface area contributed by atoms with E-state index < -0.39 is 12.1 Å². The Morgan fingerprint density at radius 1 is 1.13 bits per heavy atom. The zero-order valence-electron chi connectivity index (χ0n) is 16.4. The van der Waals surface area contributed by atoms with Crippen LogP contribution in [-0.2, 0) is 14.3 Å². The number of carboxylic acid groups (broad SMARTS) is 1. The Kier molecular flexibility index (Phi) is 7.30. The lowest BCUT2D eigenvalue weighted by molar-refractivity contribution is -0.192. The molecule has 10 heteroatoms. The standard InChI is InChI=1S/C18H24N2O3.C2HF3O2/c21-18(14-5-8-19-9-6-14)20-10-7-17-16(20)4-3-15(23-17)12-22-11-13-1-2-13;3-2(4,5)1(6)7/h5-6,8-9,13,15-17H,1-4,7,10-12H2;(H,6,7)/t15-,16-,17-;/m0./s1. The number of hydrogen-bond acceptors (Lipinski definition) is 5. The van der Waals surface area contributed by atoms with Crippen LogP contribution in [0.1, 0.15) is 42.5 Å². The lowest BCUT2D eigenvalue weighted by Crippen LogP contribution is -2.46. The van der Waals surface area contributed by atoms with Crippen LogP contribution in [0.2, 0.25) is 0 Å². The van der Waals surface area contributed by atoms with Crippen molar-refractivity contribution < 1.29 is 37.3 Å². The van der Waals surface area contributed by atoms with Gasteiger partial charge in [-0.15, -0.1) is 0 Å². The number of fused-ring (bicyclic) bond motifs is 1. The van der Waals surface area contributed by atoms with Crippen LogP contribution < -0.4 is 0 Å². The van der Waals surface area contributed by atoms with Crippen molar-refractivity contribution in [2.45, 2.75) is 56.5 Å². The Bertz CT molecular complexity index is 727. The molecule has 3 aliphatic rings. The van der Waals surface area contributed by atoms with Crippen molar-refractivity contribution >= 4 is 11.9 Å². The highest BCUT2D eigenvalue weighted by Crippen LogP contribution is 2.33. The van der Waals surface area contributed by atoms with Crippen LogP contribution in [0.5, 0.6) is 0 Å². The molecule has 3 fully saturated rings. The maximum Gasteiger partial charge on any atom is 0.490 e. The monoisotopic (exact) mass is 430 g/mol. The van der Waals surface area contributed by atoms with Crippen LogP contribution in [0.25, 0.3) is 0 Å². The van der Waals surface area contributed by atoms with Crippen LogP contribution in [0.15, 0.2) is 24.5 Å². The highest BCUT2D eigenvalue weighted by atomic mass is 19.4. The molecule has 1 aromatic heterocycles. The molecule has 3 atom stereocenters. The third-order valence-electron chi connectivity index (χ3n) is 5.42.